The van der Waals surface area contributed by atoms with E-state index in [1.54, 1.807) is 0 Å². The van der Waals surface area contributed by atoms with Crippen LogP contribution in [0.15, 0.2) is 12.2 Å². The van der Waals surface area contributed by atoms with Crippen molar-refractivity contribution >= 4 is 11.9 Å². The molecule has 0 bridgehead atoms. The van der Waals surface area contributed by atoms with Crippen LogP contribution in [0.25, 0.3) is 0 Å². The zero-order valence-corrected chi connectivity index (χ0v) is 23.4. The minimum atomic E-state index is -0.918. The first-order chi connectivity index (χ1) is 17.1. The van der Waals surface area contributed by atoms with Crippen LogP contribution in [0.2, 0.25) is 0 Å². The largest absolute Gasteiger partial charge is 0.481 e. The minimum Gasteiger partial charge on any atom is -0.481 e. The van der Waals surface area contributed by atoms with Crippen molar-refractivity contribution in [2.24, 2.45) is 5.92 Å². The second-order valence-corrected chi connectivity index (χ2v) is 10.3. The summed E-state index contributed by atoms with van der Waals surface area (Å²) in [6.45, 7) is 4.60. The van der Waals surface area contributed by atoms with E-state index in [1.807, 2.05) is 6.92 Å². The highest BCUT2D eigenvalue weighted by molar-refractivity contribution is 5.79. The molecule has 1 unspecified atom stereocenters. The average Bonchev–Trinajstić information content (AvgIpc) is 2.84. The Labute approximate surface area is 217 Å². The second-order valence-electron chi connectivity index (χ2n) is 10.3. The van der Waals surface area contributed by atoms with Gasteiger partial charge in [0.25, 0.3) is 0 Å². The molecule has 0 saturated heterocycles. The summed E-state index contributed by atoms with van der Waals surface area (Å²) in [6, 6.07) is 0. The van der Waals surface area contributed by atoms with Crippen molar-refractivity contribution in [2.45, 2.75) is 162 Å². The molecule has 0 amide bonds. The highest BCUT2D eigenvalue weighted by Gasteiger charge is 2.22. The number of unbranched alkanes of at least 4 members (excludes halogenated alkanes) is 18. The summed E-state index contributed by atoms with van der Waals surface area (Å²) in [5.41, 5.74) is 0. The van der Waals surface area contributed by atoms with Gasteiger partial charge in [0, 0.05) is 0 Å². The molecule has 0 aliphatic heterocycles. The first-order valence-corrected chi connectivity index (χ1v) is 15.1. The van der Waals surface area contributed by atoms with Gasteiger partial charge in [-0.15, -0.1) is 0 Å². The Bertz CT molecular complexity index is 500. The van der Waals surface area contributed by atoms with Crippen LogP contribution in [0.3, 0.4) is 0 Å². The molecule has 0 aliphatic rings. The molecule has 0 spiro atoms. The Morgan fingerprint density at radius 2 is 1.06 bits per heavy atom. The molecule has 1 atom stereocenters. The number of carbonyl (C=O) groups is 2. The SMILES string of the molecule is CCCCCCCCCC/C=C/CCCCCCCCCCCCC(CC(=O)O)C(=O)OCCC. The highest BCUT2D eigenvalue weighted by atomic mass is 16.5. The Morgan fingerprint density at radius 1 is 0.629 bits per heavy atom. The number of rotatable bonds is 27. The molecule has 0 radical (unpaired) electrons. The number of aliphatic carboxylic acids is 1. The smallest absolute Gasteiger partial charge is 0.309 e. The van der Waals surface area contributed by atoms with E-state index in [0.29, 0.717) is 13.0 Å². The van der Waals surface area contributed by atoms with Crippen LogP contribution in [0, 0.1) is 5.92 Å². The van der Waals surface area contributed by atoms with E-state index in [0.717, 1.165) is 19.3 Å². The highest BCUT2D eigenvalue weighted by Crippen LogP contribution is 2.18. The van der Waals surface area contributed by atoms with Crippen molar-refractivity contribution < 1.29 is 19.4 Å². The topological polar surface area (TPSA) is 63.6 Å². The summed E-state index contributed by atoms with van der Waals surface area (Å²) in [6.07, 6.45) is 32.1. The number of hydrogen-bond donors (Lipinski definition) is 1. The van der Waals surface area contributed by atoms with Gasteiger partial charge in [-0.05, 0) is 38.5 Å². The van der Waals surface area contributed by atoms with Gasteiger partial charge in [-0.2, -0.15) is 0 Å². The Morgan fingerprint density at radius 3 is 1.49 bits per heavy atom. The fourth-order valence-electron chi connectivity index (χ4n) is 4.53. The maximum absolute atomic E-state index is 12.0. The molecular formula is C31H58O4. The summed E-state index contributed by atoms with van der Waals surface area (Å²) in [5.74, 6) is -1.74. The van der Waals surface area contributed by atoms with Gasteiger partial charge in [0.1, 0.15) is 0 Å². The van der Waals surface area contributed by atoms with Crippen LogP contribution >= 0.6 is 0 Å². The lowest BCUT2D eigenvalue weighted by Crippen LogP contribution is -2.21. The van der Waals surface area contributed by atoms with Crippen LogP contribution in [0.1, 0.15) is 162 Å². The van der Waals surface area contributed by atoms with Crippen molar-refractivity contribution in [3.05, 3.63) is 12.2 Å². The van der Waals surface area contributed by atoms with Crippen LogP contribution < -0.4 is 0 Å². The van der Waals surface area contributed by atoms with Crippen LogP contribution in [0.5, 0.6) is 0 Å². The van der Waals surface area contributed by atoms with Gasteiger partial charge >= 0.3 is 11.9 Å². The molecule has 0 aliphatic carbocycles. The Kier molecular flexibility index (Phi) is 26.2. The third-order valence-electron chi connectivity index (χ3n) is 6.77. The van der Waals surface area contributed by atoms with E-state index in [1.165, 1.54) is 116 Å². The fraction of sp³-hybridized carbons (Fsp3) is 0.871. The fourth-order valence-corrected chi connectivity index (χ4v) is 4.53. The molecule has 0 saturated carbocycles. The van der Waals surface area contributed by atoms with Gasteiger partial charge in [-0.3, -0.25) is 9.59 Å². The van der Waals surface area contributed by atoms with Gasteiger partial charge in [-0.1, -0.05) is 129 Å². The standard InChI is InChI=1S/C31H58O4/c1-3-5-6-7-8-9-10-11-12-13-14-15-16-17-18-19-20-21-22-23-24-25-26-29(28-30(32)33)31(34)35-27-4-2/h13-14,29H,3-12,15-28H2,1-2H3,(H,32,33)/b14-13+. The molecule has 0 heterocycles. The molecule has 0 aromatic carbocycles. The van der Waals surface area contributed by atoms with Gasteiger partial charge in [0.05, 0.1) is 18.9 Å². The number of allylic oxidation sites excluding steroid dienone is 2. The lowest BCUT2D eigenvalue weighted by atomic mass is 9.97. The monoisotopic (exact) mass is 494 g/mol. The summed E-state index contributed by atoms with van der Waals surface area (Å²) in [5, 5.41) is 9.02. The van der Waals surface area contributed by atoms with Crippen molar-refractivity contribution in [2.75, 3.05) is 6.61 Å². The van der Waals surface area contributed by atoms with E-state index < -0.39 is 11.9 Å². The van der Waals surface area contributed by atoms with Gasteiger partial charge in [0.15, 0.2) is 0 Å². The normalized spacial score (nSPS) is 12.3. The number of hydrogen-bond acceptors (Lipinski definition) is 3. The number of ether oxygens (including phenoxy) is 1. The molecule has 1 N–H and O–H groups in total. The molecule has 0 aromatic rings. The third-order valence-corrected chi connectivity index (χ3v) is 6.77. The van der Waals surface area contributed by atoms with E-state index in [2.05, 4.69) is 19.1 Å². The van der Waals surface area contributed by atoms with Crippen molar-refractivity contribution in [1.29, 1.82) is 0 Å². The second kappa shape index (κ2) is 27.3. The maximum Gasteiger partial charge on any atom is 0.309 e. The first-order valence-electron chi connectivity index (χ1n) is 15.1. The van der Waals surface area contributed by atoms with Crippen LogP contribution in [-0.2, 0) is 14.3 Å². The zero-order chi connectivity index (χ0) is 25.8. The van der Waals surface area contributed by atoms with E-state index in [-0.39, 0.29) is 12.4 Å². The van der Waals surface area contributed by atoms with Crippen molar-refractivity contribution in [3.8, 4) is 0 Å². The quantitative estimate of drug-likeness (QED) is 0.0701. The molecule has 0 aromatic heterocycles. The molecule has 206 valence electrons. The molecular weight excluding hydrogens is 436 g/mol. The van der Waals surface area contributed by atoms with Crippen molar-refractivity contribution in [1.82, 2.24) is 0 Å². The third kappa shape index (κ3) is 25.6. The summed E-state index contributed by atoms with van der Waals surface area (Å²) in [4.78, 5) is 23.0. The summed E-state index contributed by atoms with van der Waals surface area (Å²) in [7, 11) is 0. The molecule has 35 heavy (non-hydrogen) atoms. The van der Waals surface area contributed by atoms with E-state index in [4.69, 9.17) is 9.84 Å². The van der Waals surface area contributed by atoms with E-state index in [9.17, 15) is 9.59 Å². The maximum atomic E-state index is 12.0. The number of carboxylic acids is 1. The van der Waals surface area contributed by atoms with Crippen molar-refractivity contribution in [3.63, 3.8) is 0 Å². The van der Waals surface area contributed by atoms with Gasteiger partial charge in [-0.25, -0.2) is 0 Å². The average molecular weight is 495 g/mol. The Hall–Kier alpha value is -1.32. The van der Waals surface area contributed by atoms with Crippen LogP contribution in [-0.4, -0.2) is 23.7 Å². The lowest BCUT2D eigenvalue weighted by Gasteiger charge is -2.13. The zero-order valence-electron chi connectivity index (χ0n) is 23.4. The molecule has 0 rings (SSSR count). The predicted octanol–water partition coefficient (Wildman–Crippen LogP) is 9.80. The van der Waals surface area contributed by atoms with Crippen LogP contribution in [0.4, 0.5) is 0 Å². The lowest BCUT2D eigenvalue weighted by molar-refractivity contribution is -0.153. The van der Waals surface area contributed by atoms with Gasteiger partial charge < -0.3 is 9.84 Å². The van der Waals surface area contributed by atoms with E-state index >= 15 is 0 Å². The molecule has 0 fully saturated rings. The number of carbonyl (C=O) groups excluding carboxylic acids is 1. The number of carboxylic acid groups (broad SMARTS) is 1. The predicted molar refractivity (Wildman–Crippen MR) is 149 cm³/mol. The van der Waals surface area contributed by atoms with Gasteiger partial charge in [0.2, 0.25) is 0 Å². The minimum absolute atomic E-state index is 0.113. The number of esters is 1. The Balaban J connectivity index is 3.42. The summed E-state index contributed by atoms with van der Waals surface area (Å²) >= 11 is 0. The first kappa shape index (κ1) is 33.7. The summed E-state index contributed by atoms with van der Waals surface area (Å²) < 4.78 is 5.15. The molecule has 4 heteroatoms. The molecule has 4 nitrogen and oxygen atoms in total.